The number of aromatic nitrogens is 1. The first kappa shape index (κ1) is 14.8. The normalized spacial score (nSPS) is 14.2. The lowest BCUT2D eigenvalue weighted by molar-refractivity contribution is 0.293. The van der Waals surface area contributed by atoms with Crippen LogP contribution in [-0.2, 0) is 13.2 Å². The molecule has 0 bridgehead atoms. The number of nitrogens with one attached hydrogen (secondary N) is 1. The minimum absolute atomic E-state index is 0.478. The molecule has 1 fully saturated rings. The van der Waals surface area contributed by atoms with Crippen LogP contribution in [0.5, 0.6) is 5.88 Å². The van der Waals surface area contributed by atoms with Gasteiger partial charge in [0, 0.05) is 34.9 Å². The van der Waals surface area contributed by atoms with E-state index in [0.29, 0.717) is 23.6 Å². The molecule has 0 spiro atoms. The molecule has 0 amide bonds. The Morgan fingerprint density at radius 3 is 2.86 bits per heavy atom. The molecule has 0 atom stereocenters. The van der Waals surface area contributed by atoms with E-state index in [1.165, 1.54) is 12.8 Å². The molecule has 1 heterocycles. The lowest BCUT2D eigenvalue weighted by atomic mass is 10.2. The molecule has 5 heteroatoms. The van der Waals surface area contributed by atoms with Crippen LogP contribution in [0.3, 0.4) is 0 Å². The summed E-state index contributed by atoms with van der Waals surface area (Å²) in [6, 6.07) is 10.6. The van der Waals surface area contributed by atoms with Gasteiger partial charge in [-0.25, -0.2) is 4.98 Å². The second kappa shape index (κ2) is 6.77. The van der Waals surface area contributed by atoms with Crippen molar-refractivity contribution in [3.05, 3.63) is 57.2 Å². The topological polar surface area (TPSA) is 34.1 Å². The van der Waals surface area contributed by atoms with Gasteiger partial charge < -0.3 is 10.1 Å². The zero-order chi connectivity index (χ0) is 14.7. The molecular weight excluding hydrogens is 352 g/mol. The minimum atomic E-state index is 0.478. The smallest absolute Gasteiger partial charge is 0.213 e. The summed E-state index contributed by atoms with van der Waals surface area (Å²) in [4.78, 5) is 4.23. The van der Waals surface area contributed by atoms with Crippen molar-refractivity contribution in [1.29, 1.82) is 0 Å². The van der Waals surface area contributed by atoms with E-state index in [1.807, 2.05) is 30.3 Å². The van der Waals surface area contributed by atoms with E-state index in [0.717, 1.165) is 22.1 Å². The van der Waals surface area contributed by atoms with E-state index < -0.39 is 0 Å². The van der Waals surface area contributed by atoms with Crippen LogP contribution in [0.1, 0.15) is 24.0 Å². The zero-order valence-electron chi connectivity index (χ0n) is 11.5. The molecule has 21 heavy (non-hydrogen) atoms. The van der Waals surface area contributed by atoms with Crippen LogP contribution in [0, 0.1) is 0 Å². The number of ether oxygens (including phenoxy) is 1. The van der Waals surface area contributed by atoms with Crippen molar-refractivity contribution in [2.45, 2.75) is 32.0 Å². The molecule has 1 aliphatic carbocycles. The average molecular weight is 368 g/mol. The molecule has 0 aliphatic heterocycles. The molecule has 0 radical (unpaired) electrons. The first-order valence-corrected chi connectivity index (χ1v) is 8.13. The molecule has 3 nitrogen and oxygen atoms in total. The second-order valence-corrected chi connectivity index (χ2v) is 6.41. The fourth-order valence-electron chi connectivity index (χ4n) is 1.98. The first-order valence-electron chi connectivity index (χ1n) is 6.96. The van der Waals surface area contributed by atoms with Crippen LogP contribution >= 0.6 is 27.5 Å². The molecule has 1 saturated carbocycles. The van der Waals surface area contributed by atoms with Gasteiger partial charge in [0.05, 0.1) is 5.02 Å². The predicted molar refractivity (Wildman–Crippen MR) is 87.6 cm³/mol. The third kappa shape index (κ3) is 4.19. The van der Waals surface area contributed by atoms with Crippen LogP contribution in [0.25, 0.3) is 0 Å². The van der Waals surface area contributed by atoms with Gasteiger partial charge in [0.1, 0.15) is 6.61 Å². The molecule has 2 aromatic rings. The molecular formula is C16H16BrClN2O. The fraction of sp³-hybridized carbons (Fsp3) is 0.312. The molecule has 0 saturated heterocycles. The lowest BCUT2D eigenvalue weighted by Gasteiger charge is -2.10. The average Bonchev–Trinajstić information content (AvgIpc) is 3.31. The highest BCUT2D eigenvalue weighted by Gasteiger charge is 2.20. The van der Waals surface area contributed by atoms with Crippen LogP contribution in [0.2, 0.25) is 5.02 Å². The molecule has 1 aliphatic rings. The summed E-state index contributed by atoms with van der Waals surface area (Å²) in [6.07, 6.45) is 4.17. The fourth-order valence-corrected chi connectivity index (χ4v) is 2.55. The van der Waals surface area contributed by atoms with Gasteiger partial charge in [-0.2, -0.15) is 0 Å². The van der Waals surface area contributed by atoms with E-state index in [2.05, 4.69) is 26.2 Å². The molecule has 0 unspecified atom stereocenters. The van der Waals surface area contributed by atoms with Crippen molar-refractivity contribution < 1.29 is 4.74 Å². The molecule has 1 N–H and O–H groups in total. The number of hydrogen-bond donors (Lipinski definition) is 1. The quantitative estimate of drug-likeness (QED) is 0.825. The largest absolute Gasteiger partial charge is 0.473 e. The summed E-state index contributed by atoms with van der Waals surface area (Å²) < 4.78 is 6.80. The summed E-state index contributed by atoms with van der Waals surface area (Å²) in [5.74, 6) is 0.600. The van der Waals surface area contributed by atoms with Crippen molar-refractivity contribution in [3.8, 4) is 5.88 Å². The van der Waals surface area contributed by atoms with Crippen molar-refractivity contribution in [2.24, 2.45) is 0 Å². The highest BCUT2D eigenvalue weighted by Crippen LogP contribution is 2.24. The van der Waals surface area contributed by atoms with E-state index >= 15 is 0 Å². The van der Waals surface area contributed by atoms with Gasteiger partial charge in [0.2, 0.25) is 5.88 Å². The van der Waals surface area contributed by atoms with Crippen molar-refractivity contribution in [2.75, 3.05) is 0 Å². The van der Waals surface area contributed by atoms with Crippen molar-refractivity contribution in [1.82, 2.24) is 10.3 Å². The van der Waals surface area contributed by atoms with Gasteiger partial charge in [-0.1, -0.05) is 45.7 Å². The third-order valence-electron chi connectivity index (χ3n) is 3.40. The Hall–Kier alpha value is -1.10. The maximum Gasteiger partial charge on any atom is 0.213 e. The lowest BCUT2D eigenvalue weighted by Crippen LogP contribution is -2.15. The zero-order valence-corrected chi connectivity index (χ0v) is 13.8. The Labute approximate surface area is 137 Å². The van der Waals surface area contributed by atoms with Crippen LogP contribution < -0.4 is 10.1 Å². The van der Waals surface area contributed by atoms with E-state index in [-0.39, 0.29) is 0 Å². The highest BCUT2D eigenvalue weighted by atomic mass is 79.9. The molecule has 1 aromatic heterocycles. The Morgan fingerprint density at radius 1 is 1.29 bits per heavy atom. The first-order chi connectivity index (χ1) is 10.2. The van der Waals surface area contributed by atoms with Gasteiger partial charge in [0.25, 0.3) is 0 Å². The standard InChI is InChI=1S/C16H16BrClN2O/c17-14-4-2-1-3-11(14)10-21-16-7-12(15(18)9-20-16)8-19-13-5-6-13/h1-4,7,9,13,19H,5-6,8,10H2. The summed E-state index contributed by atoms with van der Waals surface area (Å²) in [5.41, 5.74) is 2.12. The summed E-state index contributed by atoms with van der Waals surface area (Å²) in [5, 5.41) is 4.13. The number of halogens is 2. The number of hydrogen-bond acceptors (Lipinski definition) is 3. The van der Waals surface area contributed by atoms with E-state index in [4.69, 9.17) is 16.3 Å². The number of pyridine rings is 1. The van der Waals surface area contributed by atoms with Crippen LogP contribution in [-0.4, -0.2) is 11.0 Å². The summed E-state index contributed by atoms with van der Waals surface area (Å²) >= 11 is 9.69. The van der Waals surface area contributed by atoms with Crippen molar-refractivity contribution in [3.63, 3.8) is 0 Å². The number of nitrogens with zero attached hydrogens (tertiary/aromatic N) is 1. The Balaban J connectivity index is 1.64. The second-order valence-electron chi connectivity index (χ2n) is 5.15. The van der Waals surface area contributed by atoms with Crippen molar-refractivity contribution >= 4 is 27.5 Å². The third-order valence-corrected chi connectivity index (χ3v) is 4.52. The van der Waals surface area contributed by atoms with Gasteiger partial charge in [0.15, 0.2) is 0 Å². The molecule has 3 rings (SSSR count). The number of rotatable bonds is 6. The summed E-state index contributed by atoms with van der Waals surface area (Å²) in [7, 11) is 0. The molecule has 110 valence electrons. The minimum Gasteiger partial charge on any atom is -0.473 e. The van der Waals surface area contributed by atoms with Gasteiger partial charge in [-0.3, -0.25) is 0 Å². The van der Waals surface area contributed by atoms with Crippen LogP contribution in [0.15, 0.2) is 41.0 Å². The monoisotopic (exact) mass is 366 g/mol. The Kier molecular flexibility index (Phi) is 4.78. The number of benzene rings is 1. The predicted octanol–water partition coefficient (Wildman–Crippen LogP) is 4.33. The Morgan fingerprint density at radius 2 is 2.10 bits per heavy atom. The van der Waals surface area contributed by atoms with Gasteiger partial charge in [-0.05, 0) is 24.5 Å². The SMILES string of the molecule is Clc1cnc(OCc2ccccc2Br)cc1CNC1CC1. The van der Waals surface area contributed by atoms with Crippen LogP contribution in [0.4, 0.5) is 0 Å². The molecule has 1 aromatic carbocycles. The maximum absolute atomic E-state index is 6.18. The van der Waals surface area contributed by atoms with Gasteiger partial charge in [-0.15, -0.1) is 0 Å². The van der Waals surface area contributed by atoms with E-state index in [9.17, 15) is 0 Å². The maximum atomic E-state index is 6.18. The summed E-state index contributed by atoms with van der Waals surface area (Å²) in [6.45, 7) is 1.24. The Bertz CT molecular complexity index is 631. The van der Waals surface area contributed by atoms with Gasteiger partial charge >= 0.3 is 0 Å². The highest BCUT2D eigenvalue weighted by molar-refractivity contribution is 9.10. The van der Waals surface area contributed by atoms with E-state index in [1.54, 1.807) is 6.20 Å².